The number of hydrogen-bond acceptors (Lipinski definition) is 4. The van der Waals surface area contributed by atoms with Crippen LogP contribution >= 0.6 is 0 Å². The van der Waals surface area contributed by atoms with Crippen LogP contribution in [-0.2, 0) is 22.4 Å². The quantitative estimate of drug-likeness (QED) is 0.645. The number of esters is 1. The van der Waals surface area contributed by atoms with Gasteiger partial charge in [-0.3, -0.25) is 9.59 Å². The second-order valence-electron chi connectivity index (χ2n) is 8.31. The Hall–Kier alpha value is -2.63. The Morgan fingerprint density at radius 3 is 2.57 bits per heavy atom. The number of piperidine rings is 1. The molecule has 6 heteroatoms. The van der Waals surface area contributed by atoms with Crippen LogP contribution in [0.1, 0.15) is 62.3 Å². The van der Waals surface area contributed by atoms with Crippen LogP contribution in [0.3, 0.4) is 0 Å². The number of para-hydroxylation sites is 1. The number of rotatable bonds is 7. The maximum atomic E-state index is 13.7. The molecule has 1 amide bonds. The summed E-state index contributed by atoms with van der Waals surface area (Å²) in [5.41, 5.74) is 3.44. The highest BCUT2D eigenvalue weighted by atomic mass is 16.5. The highest BCUT2D eigenvalue weighted by Gasteiger charge is 2.33. The molecule has 0 saturated carbocycles. The molecule has 30 heavy (non-hydrogen) atoms. The lowest BCUT2D eigenvalue weighted by atomic mass is 9.96. The van der Waals surface area contributed by atoms with Gasteiger partial charge in [0.15, 0.2) is 0 Å². The average Bonchev–Trinajstić information content (AvgIpc) is 3.11. The maximum absolute atomic E-state index is 13.7. The van der Waals surface area contributed by atoms with Crippen molar-refractivity contribution in [3.05, 3.63) is 47.3 Å². The summed E-state index contributed by atoms with van der Waals surface area (Å²) in [6.45, 7) is 9.59. The van der Waals surface area contributed by atoms with Gasteiger partial charge in [0.25, 0.3) is 5.91 Å². The predicted octanol–water partition coefficient (Wildman–Crippen LogP) is 4.05. The average molecular weight is 412 g/mol. The molecular weight excluding hydrogens is 378 g/mol. The lowest BCUT2D eigenvalue weighted by Crippen LogP contribution is -2.43. The van der Waals surface area contributed by atoms with Gasteiger partial charge < -0.3 is 9.64 Å². The molecule has 1 aromatic heterocycles. The Morgan fingerprint density at radius 2 is 1.93 bits per heavy atom. The zero-order chi connectivity index (χ0) is 21.7. The molecule has 2 aromatic rings. The maximum Gasteiger partial charge on any atom is 0.310 e. The summed E-state index contributed by atoms with van der Waals surface area (Å²) < 4.78 is 7.12. The monoisotopic (exact) mass is 411 g/mol. The summed E-state index contributed by atoms with van der Waals surface area (Å²) in [6, 6.07) is 9.96. The third-order valence-corrected chi connectivity index (χ3v) is 5.53. The van der Waals surface area contributed by atoms with Crippen LogP contribution in [0.2, 0.25) is 0 Å². The van der Waals surface area contributed by atoms with Gasteiger partial charge in [-0.15, -0.1) is 0 Å². The van der Waals surface area contributed by atoms with E-state index in [4.69, 9.17) is 9.84 Å². The number of ether oxygens (including phenoxy) is 1. The van der Waals surface area contributed by atoms with E-state index >= 15 is 0 Å². The molecule has 1 saturated heterocycles. The van der Waals surface area contributed by atoms with Crippen molar-refractivity contribution < 1.29 is 14.3 Å². The first-order chi connectivity index (χ1) is 14.5. The van der Waals surface area contributed by atoms with Crippen molar-refractivity contribution in [2.24, 2.45) is 11.8 Å². The van der Waals surface area contributed by atoms with Crippen LogP contribution < -0.4 is 0 Å². The predicted molar refractivity (Wildman–Crippen MR) is 117 cm³/mol. The van der Waals surface area contributed by atoms with E-state index in [9.17, 15) is 9.59 Å². The number of hydrogen-bond donors (Lipinski definition) is 0. The van der Waals surface area contributed by atoms with Gasteiger partial charge in [0, 0.05) is 13.1 Å². The number of aromatic nitrogens is 2. The Balaban J connectivity index is 1.97. The van der Waals surface area contributed by atoms with Crippen molar-refractivity contribution >= 4 is 11.9 Å². The molecule has 3 rings (SSSR count). The van der Waals surface area contributed by atoms with Crippen molar-refractivity contribution in [1.29, 1.82) is 0 Å². The SMILES string of the molecule is CCOC(=O)C1CCCN(C(=O)c2c(CC(C)C)nn(-c3ccccc3)c2CC)C1. The summed E-state index contributed by atoms with van der Waals surface area (Å²) in [4.78, 5) is 27.7. The minimum Gasteiger partial charge on any atom is -0.466 e. The third kappa shape index (κ3) is 4.74. The van der Waals surface area contributed by atoms with Crippen molar-refractivity contribution in [2.75, 3.05) is 19.7 Å². The van der Waals surface area contributed by atoms with Crippen LogP contribution in [0.4, 0.5) is 0 Å². The molecule has 6 nitrogen and oxygen atoms in total. The van der Waals surface area contributed by atoms with E-state index in [0.29, 0.717) is 37.6 Å². The highest BCUT2D eigenvalue weighted by molar-refractivity contribution is 5.97. The zero-order valence-corrected chi connectivity index (χ0v) is 18.6. The molecule has 2 heterocycles. The standard InChI is InChI=1S/C24H33N3O3/c1-5-21-22(23(28)26-14-10-11-18(16-26)24(29)30-6-2)20(15-17(3)4)25-27(21)19-12-8-7-9-13-19/h7-9,12-13,17-18H,5-6,10-11,14-16H2,1-4H3. The summed E-state index contributed by atoms with van der Waals surface area (Å²) in [6.07, 6.45) is 3.02. The molecule has 162 valence electrons. The van der Waals surface area contributed by atoms with Gasteiger partial charge in [-0.25, -0.2) is 4.68 Å². The van der Waals surface area contributed by atoms with Crippen LogP contribution in [0.25, 0.3) is 5.69 Å². The number of benzene rings is 1. The van der Waals surface area contributed by atoms with Crippen LogP contribution in [0, 0.1) is 11.8 Å². The van der Waals surface area contributed by atoms with E-state index < -0.39 is 0 Å². The van der Waals surface area contributed by atoms with Gasteiger partial charge in [-0.1, -0.05) is 39.0 Å². The van der Waals surface area contributed by atoms with Gasteiger partial charge in [0.05, 0.1) is 35.2 Å². The Kier molecular flexibility index (Phi) is 7.29. The fraction of sp³-hybridized carbons (Fsp3) is 0.542. The minimum absolute atomic E-state index is 0.0151. The second-order valence-corrected chi connectivity index (χ2v) is 8.31. The second kappa shape index (κ2) is 9.92. The minimum atomic E-state index is -0.245. The Morgan fingerprint density at radius 1 is 1.20 bits per heavy atom. The molecule has 0 radical (unpaired) electrons. The van der Waals surface area contributed by atoms with Crippen LogP contribution in [-0.4, -0.2) is 46.3 Å². The molecule has 0 spiro atoms. The molecule has 1 aliphatic heterocycles. The highest BCUT2D eigenvalue weighted by Crippen LogP contribution is 2.26. The summed E-state index contributed by atoms with van der Waals surface area (Å²) in [7, 11) is 0. The number of carbonyl (C=O) groups is 2. The largest absolute Gasteiger partial charge is 0.466 e. The Labute approximate surface area is 179 Å². The van der Waals surface area contributed by atoms with Gasteiger partial charge >= 0.3 is 5.97 Å². The molecule has 0 bridgehead atoms. The number of likely N-dealkylation sites (tertiary alicyclic amines) is 1. The van der Waals surface area contributed by atoms with E-state index in [1.54, 1.807) is 0 Å². The van der Waals surface area contributed by atoms with E-state index in [1.165, 1.54) is 0 Å². The molecule has 0 aliphatic carbocycles. The molecule has 0 N–H and O–H groups in total. The molecule has 1 atom stereocenters. The van der Waals surface area contributed by atoms with Gasteiger partial charge in [-0.2, -0.15) is 5.10 Å². The van der Waals surface area contributed by atoms with E-state index in [-0.39, 0.29) is 17.8 Å². The molecule has 1 aromatic carbocycles. The molecule has 1 aliphatic rings. The molecular formula is C24H33N3O3. The Bertz CT molecular complexity index is 873. The first-order valence-electron chi connectivity index (χ1n) is 11.1. The summed E-state index contributed by atoms with van der Waals surface area (Å²) >= 11 is 0. The summed E-state index contributed by atoms with van der Waals surface area (Å²) in [5.74, 6) is -0.0776. The van der Waals surface area contributed by atoms with E-state index in [2.05, 4.69) is 20.8 Å². The summed E-state index contributed by atoms with van der Waals surface area (Å²) in [5, 5.41) is 4.87. The topological polar surface area (TPSA) is 64.4 Å². The lowest BCUT2D eigenvalue weighted by Gasteiger charge is -2.31. The van der Waals surface area contributed by atoms with Gasteiger partial charge in [0.2, 0.25) is 0 Å². The van der Waals surface area contributed by atoms with E-state index in [0.717, 1.165) is 36.3 Å². The van der Waals surface area contributed by atoms with Crippen molar-refractivity contribution in [3.8, 4) is 5.69 Å². The fourth-order valence-corrected chi connectivity index (χ4v) is 4.16. The van der Waals surface area contributed by atoms with E-state index in [1.807, 2.05) is 46.8 Å². The normalized spacial score (nSPS) is 16.7. The van der Waals surface area contributed by atoms with Crippen LogP contribution in [0.5, 0.6) is 0 Å². The van der Waals surface area contributed by atoms with Crippen molar-refractivity contribution in [2.45, 2.75) is 53.4 Å². The molecule has 1 fully saturated rings. The molecule has 1 unspecified atom stereocenters. The first kappa shape index (κ1) is 22.1. The van der Waals surface area contributed by atoms with Gasteiger partial charge in [-0.05, 0) is 50.7 Å². The van der Waals surface area contributed by atoms with Crippen molar-refractivity contribution in [1.82, 2.24) is 14.7 Å². The van der Waals surface area contributed by atoms with Gasteiger partial charge in [0.1, 0.15) is 0 Å². The van der Waals surface area contributed by atoms with Crippen molar-refractivity contribution in [3.63, 3.8) is 0 Å². The first-order valence-corrected chi connectivity index (χ1v) is 11.1. The third-order valence-electron chi connectivity index (χ3n) is 5.53. The van der Waals surface area contributed by atoms with Crippen LogP contribution in [0.15, 0.2) is 30.3 Å². The number of amides is 1. The number of carbonyl (C=O) groups excluding carboxylic acids is 2. The number of nitrogens with zero attached hydrogens (tertiary/aromatic N) is 3. The lowest BCUT2D eigenvalue weighted by molar-refractivity contribution is -0.149. The fourth-order valence-electron chi connectivity index (χ4n) is 4.16. The smallest absolute Gasteiger partial charge is 0.310 e. The zero-order valence-electron chi connectivity index (χ0n) is 18.6.